The molecular formula is C21H16F2N4O3S. The zero-order chi connectivity index (χ0) is 21.8. The summed E-state index contributed by atoms with van der Waals surface area (Å²) in [5.74, 6) is -0.681. The Labute approximate surface area is 179 Å². The number of nitrogens with zero attached hydrogens (tertiary/aromatic N) is 3. The topological polar surface area (TPSA) is 90.1 Å². The largest absolute Gasteiger partial charge is 0.497 e. The first-order valence-corrected chi connectivity index (χ1v) is 10.1. The lowest BCUT2D eigenvalue weighted by Gasteiger charge is -2.00. The van der Waals surface area contributed by atoms with Crippen LogP contribution >= 0.6 is 11.3 Å². The molecule has 1 N–H and O–H groups in total. The van der Waals surface area contributed by atoms with Crippen LogP contribution in [-0.4, -0.2) is 28.1 Å². The summed E-state index contributed by atoms with van der Waals surface area (Å²) in [6.45, 7) is 0. The molecule has 0 fully saturated rings. The van der Waals surface area contributed by atoms with Gasteiger partial charge in [0.25, 0.3) is 0 Å². The highest BCUT2D eigenvalue weighted by Gasteiger charge is 2.13. The smallest absolute Gasteiger partial charge is 0.227 e. The van der Waals surface area contributed by atoms with E-state index in [2.05, 4.69) is 20.4 Å². The van der Waals surface area contributed by atoms with Crippen LogP contribution in [0.25, 0.3) is 22.6 Å². The molecule has 2 aromatic carbocycles. The van der Waals surface area contributed by atoms with Gasteiger partial charge in [-0.05, 0) is 42.5 Å². The van der Waals surface area contributed by atoms with E-state index in [9.17, 15) is 13.6 Å². The second kappa shape index (κ2) is 9.00. The number of aryl methyl sites for hydroxylation is 1. The molecule has 31 heavy (non-hydrogen) atoms. The van der Waals surface area contributed by atoms with Gasteiger partial charge in [-0.1, -0.05) is 5.16 Å². The van der Waals surface area contributed by atoms with E-state index in [1.165, 1.54) is 17.4 Å². The lowest BCUT2D eigenvalue weighted by atomic mass is 10.2. The normalized spacial score (nSPS) is 10.8. The zero-order valence-corrected chi connectivity index (χ0v) is 17.1. The Morgan fingerprint density at radius 1 is 1.10 bits per heavy atom. The van der Waals surface area contributed by atoms with E-state index in [-0.39, 0.29) is 18.7 Å². The van der Waals surface area contributed by atoms with Gasteiger partial charge in [0.05, 0.1) is 12.8 Å². The highest BCUT2D eigenvalue weighted by molar-refractivity contribution is 7.14. The molecule has 2 aromatic heterocycles. The molecule has 0 bridgehead atoms. The van der Waals surface area contributed by atoms with Gasteiger partial charge in [0.1, 0.15) is 5.75 Å². The minimum absolute atomic E-state index is 0.115. The number of thiazole rings is 1. The number of hydrogen-bond donors (Lipinski definition) is 1. The number of nitrogens with one attached hydrogen (secondary N) is 1. The number of halogens is 2. The Hall–Kier alpha value is -3.66. The second-order valence-corrected chi connectivity index (χ2v) is 7.31. The molecule has 158 valence electrons. The quantitative estimate of drug-likeness (QED) is 0.446. The molecule has 4 rings (SSSR count). The number of carbonyl (C=O) groups excluding carboxylic acids is 1. The molecule has 0 saturated heterocycles. The minimum Gasteiger partial charge on any atom is -0.497 e. The maximum absolute atomic E-state index is 13.4. The first-order valence-electron chi connectivity index (χ1n) is 9.19. The van der Waals surface area contributed by atoms with Crippen LogP contribution in [0.1, 0.15) is 12.3 Å². The van der Waals surface area contributed by atoms with Crippen molar-refractivity contribution in [2.75, 3.05) is 12.4 Å². The number of hydrogen-bond acceptors (Lipinski definition) is 7. The molecule has 0 atom stereocenters. The Morgan fingerprint density at radius 3 is 2.61 bits per heavy atom. The van der Waals surface area contributed by atoms with Gasteiger partial charge in [0.15, 0.2) is 16.8 Å². The Balaban J connectivity index is 1.33. The van der Waals surface area contributed by atoms with Gasteiger partial charge in [0, 0.05) is 29.3 Å². The van der Waals surface area contributed by atoms with Gasteiger partial charge >= 0.3 is 0 Å². The molecule has 10 heteroatoms. The molecule has 0 unspecified atom stereocenters. The van der Waals surface area contributed by atoms with Gasteiger partial charge in [-0.3, -0.25) is 4.79 Å². The van der Waals surface area contributed by atoms with Crippen molar-refractivity contribution in [2.45, 2.75) is 12.8 Å². The summed E-state index contributed by atoms with van der Waals surface area (Å²) in [6.07, 6.45) is 0.376. The number of rotatable bonds is 7. The third-order valence-electron chi connectivity index (χ3n) is 4.35. The number of anilines is 1. The highest BCUT2D eigenvalue weighted by Crippen LogP contribution is 2.26. The van der Waals surface area contributed by atoms with Crippen LogP contribution in [0.3, 0.4) is 0 Å². The summed E-state index contributed by atoms with van der Waals surface area (Å²) in [7, 11) is 1.58. The number of carbonyl (C=O) groups is 1. The predicted octanol–water partition coefficient (Wildman–Crippen LogP) is 4.72. The van der Waals surface area contributed by atoms with Crippen molar-refractivity contribution in [1.29, 1.82) is 0 Å². The fourth-order valence-electron chi connectivity index (χ4n) is 2.74. The van der Waals surface area contributed by atoms with E-state index in [1.54, 1.807) is 24.6 Å². The fourth-order valence-corrected chi connectivity index (χ4v) is 3.47. The molecule has 0 radical (unpaired) electrons. The van der Waals surface area contributed by atoms with Crippen LogP contribution in [0.4, 0.5) is 13.9 Å². The van der Waals surface area contributed by atoms with Crippen molar-refractivity contribution in [3.05, 3.63) is 65.4 Å². The van der Waals surface area contributed by atoms with Gasteiger partial charge in [0.2, 0.25) is 17.6 Å². The van der Waals surface area contributed by atoms with E-state index < -0.39 is 11.6 Å². The van der Waals surface area contributed by atoms with Crippen molar-refractivity contribution in [2.24, 2.45) is 0 Å². The van der Waals surface area contributed by atoms with Crippen LogP contribution in [0.2, 0.25) is 0 Å². The standard InChI is InChI=1S/C21H16F2N4O3S/c1-29-14-5-2-12(3-6-14)20-26-19(30-27-20)9-8-18(28)25-21-24-17(11-31-21)13-4-7-15(22)16(23)10-13/h2-7,10-11H,8-9H2,1H3,(H,24,25,28). The number of methoxy groups -OCH3 is 1. The molecule has 1 amide bonds. The van der Waals surface area contributed by atoms with E-state index in [1.807, 2.05) is 12.1 Å². The van der Waals surface area contributed by atoms with Crippen LogP contribution in [0.5, 0.6) is 5.75 Å². The zero-order valence-electron chi connectivity index (χ0n) is 16.3. The number of aromatic nitrogens is 3. The van der Waals surface area contributed by atoms with Crippen molar-refractivity contribution in [3.8, 4) is 28.4 Å². The molecule has 0 spiro atoms. The molecule has 0 aliphatic heterocycles. The number of benzene rings is 2. The Morgan fingerprint density at radius 2 is 1.87 bits per heavy atom. The Bertz CT molecular complexity index is 1210. The third kappa shape index (κ3) is 4.92. The van der Waals surface area contributed by atoms with E-state index in [0.29, 0.717) is 28.1 Å². The first kappa shape index (κ1) is 20.6. The Kier molecular flexibility index (Phi) is 5.99. The summed E-state index contributed by atoms with van der Waals surface area (Å²) in [6, 6.07) is 10.7. The maximum atomic E-state index is 13.4. The van der Waals surface area contributed by atoms with Crippen LogP contribution < -0.4 is 10.1 Å². The second-order valence-electron chi connectivity index (χ2n) is 6.46. The van der Waals surface area contributed by atoms with Gasteiger partial charge in [-0.2, -0.15) is 4.98 Å². The minimum atomic E-state index is -0.954. The molecule has 7 nitrogen and oxygen atoms in total. The van der Waals surface area contributed by atoms with Crippen molar-refractivity contribution in [1.82, 2.24) is 15.1 Å². The summed E-state index contributed by atoms with van der Waals surface area (Å²) in [4.78, 5) is 20.8. The molecular weight excluding hydrogens is 426 g/mol. The van der Waals surface area contributed by atoms with Crippen LogP contribution in [0.15, 0.2) is 52.4 Å². The average molecular weight is 442 g/mol. The summed E-state index contributed by atoms with van der Waals surface area (Å²) in [5, 5.41) is 8.61. The van der Waals surface area contributed by atoms with E-state index >= 15 is 0 Å². The summed E-state index contributed by atoms with van der Waals surface area (Å²) >= 11 is 1.19. The molecule has 0 aliphatic rings. The summed E-state index contributed by atoms with van der Waals surface area (Å²) in [5.41, 5.74) is 1.64. The molecule has 0 aliphatic carbocycles. The lowest BCUT2D eigenvalue weighted by molar-refractivity contribution is -0.116. The molecule has 4 aromatic rings. The van der Waals surface area contributed by atoms with Crippen LogP contribution in [0, 0.1) is 11.6 Å². The lowest BCUT2D eigenvalue weighted by Crippen LogP contribution is -2.12. The van der Waals surface area contributed by atoms with Crippen molar-refractivity contribution >= 4 is 22.4 Å². The van der Waals surface area contributed by atoms with Crippen molar-refractivity contribution < 1.29 is 22.8 Å². The van der Waals surface area contributed by atoms with Crippen LogP contribution in [-0.2, 0) is 11.2 Å². The van der Waals surface area contributed by atoms with E-state index in [4.69, 9.17) is 9.26 Å². The van der Waals surface area contributed by atoms with Crippen molar-refractivity contribution in [3.63, 3.8) is 0 Å². The SMILES string of the molecule is COc1ccc(-c2noc(CCC(=O)Nc3nc(-c4ccc(F)c(F)c4)cs3)n2)cc1. The summed E-state index contributed by atoms with van der Waals surface area (Å²) < 4.78 is 36.8. The maximum Gasteiger partial charge on any atom is 0.227 e. The highest BCUT2D eigenvalue weighted by atomic mass is 32.1. The number of ether oxygens (including phenoxy) is 1. The van der Waals surface area contributed by atoms with E-state index in [0.717, 1.165) is 23.4 Å². The molecule has 2 heterocycles. The van der Waals surface area contributed by atoms with Gasteiger partial charge < -0.3 is 14.6 Å². The van der Waals surface area contributed by atoms with Gasteiger partial charge in [-0.15, -0.1) is 11.3 Å². The van der Waals surface area contributed by atoms with Gasteiger partial charge in [-0.25, -0.2) is 13.8 Å². The predicted molar refractivity (Wildman–Crippen MR) is 111 cm³/mol. The fraction of sp³-hybridized carbons (Fsp3) is 0.143. The molecule has 0 saturated carbocycles. The number of amides is 1. The first-order chi connectivity index (χ1) is 15.0. The third-order valence-corrected chi connectivity index (χ3v) is 5.11. The average Bonchev–Trinajstić information content (AvgIpc) is 3.44. The monoisotopic (exact) mass is 442 g/mol.